The van der Waals surface area contributed by atoms with Crippen LogP contribution >= 0.6 is 0 Å². The average Bonchev–Trinajstić information content (AvgIpc) is 2.27. The third-order valence-electron chi connectivity index (χ3n) is 2.17. The molecule has 0 radical (unpaired) electrons. The van der Waals surface area contributed by atoms with Crippen molar-refractivity contribution in [1.29, 1.82) is 0 Å². The van der Waals surface area contributed by atoms with Gasteiger partial charge in [0.25, 0.3) is 0 Å². The van der Waals surface area contributed by atoms with E-state index in [4.69, 9.17) is 9.47 Å². The molecule has 14 heavy (non-hydrogen) atoms. The Morgan fingerprint density at radius 3 is 2.00 bits per heavy atom. The van der Waals surface area contributed by atoms with Gasteiger partial charge in [-0.2, -0.15) is 0 Å². The summed E-state index contributed by atoms with van der Waals surface area (Å²) < 4.78 is 22.6. The lowest BCUT2D eigenvalue weighted by atomic mass is 10.0. The Labute approximate surface area is 83.6 Å². The molecule has 0 aromatic heterocycles. The molecule has 0 spiro atoms. The van der Waals surface area contributed by atoms with E-state index < -0.39 is 0 Å². The Balaban J connectivity index is 3.04. The zero-order chi connectivity index (χ0) is 10.6. The molecule has 1 rings (SSSR count). The van der Waals surface area contributed by atoms with E-state index in [2.05, 4.69) is 0 Å². The summed E-state index contributed by atoms with van der Waals surface area (Å²) in [5.74, 6) is 1.26. The van der Waals surface area contributed by atoms with Crippen LogP contribution in [0.3, 0.4) is 0 Å². The molecule has 1 aromatic rings. The van der Waals surface area contributed by atoms with Crippen molar-refractivity contribution >= 4 is 0 Å². The van der Waals surface area contributed by atoms with E-state index in [-0.39, 0.29) is 12.6 Å². The molecule has 1 unspecified atom stereocenters. The molecule has 0 fully saturated rings. The van der Waals surface area contributed by atoms with Crippen molar-refractivity contribution in [3.8, 4) is 11.5 Å². The monoisotopic (exact) mass is 198 g/mol. The summed E-state index contributed by atoms with van der Waals surface area (Å²) in [5.41, 5.74) is 0.892. The number of hydrogen-bond donors (Lipinski definition) is 0. The van der Waals surface area contributed by atoms with Crippen molar-refractivity contribution < 1.29 is 13.9 Å². The van der Waals surface area contributed by atoms with Crippen molar-refractivity contribution in [2.75, 3.05) is 20.9 Å². The number of alkyl halides is 1. The molecule has 0 heterocycles. The molecule has 0 aliphatic heterocycles. The molecular formula is C11H15FO2. The maximum Gasteiger partial charge on any atom is 0.122 e. The summed E-state index contributed by atoms with van der Waals surface area (Å²) in [6, 6.07) is 5.42. The first kappa shape index (κ1) is 10.8. The average molecular weight is 198 g/mol. The molecule has 0 amide bonds. The van der Waals surface area contributed by atoms with Gasteiger partial charge in [0.05, 0.1) is 20.9 Å². The summed E-state index contributed by atoms with van der Waals surface area (Å²) in [7, 11) is 3.16. The predicted molar refractivity (Wildman–Crippen MR) is 53.9 cm³/mol. The van der Waals surface area contributed by atoms with Gasteiger partial charge >= 0.3 is 0 Å². The van der Waals surface area contributed by atoms with Crippen LogP contribution in [0.5, 0.6) is 11.5 Å². The first-order valence-corrected chi connectivity index (χ1v) is 4.50. The van der Waals surface area contributed by atoms with E-state index in [9.17, 15) is 4.39 Å². The Kier molecular flexibility index (Phi) is 3.74. The molecule has 0 aliphatic carbocycles. The number of halogens is 1. The Morgan fingerprint density at radius 1 is 1.14 bits per heavy atom. The van der Waals surface area contributed by atoms with Crippen LogP contribution in [-0.2, 0) is 0 Å². The van der Waals surface area contributed by atoms with Crippen LogP contribution in [0.4, 0.5) is 4.39 Å². The molecule has 1 atom stereocenters. The van der Waals surface area contributed by atoms with E-state index in [1.54, 1.807) is 20.3 Å². The second kappa shape index (κ2) is 4.84. The van der Waals surface area contributed by atoms with Gasteiger partial charge in [-0.15, -0.1) is 0 Å². The smallest absolute Gasteiger partial charge is 0.122 e. The van der Waals surface area contributed by atoms with Gasteiger partial charge in [-0.1, -0.05) is 6.92 Å². The van der Waals surface area contributed by atoms with Gasteiger partial charge in [-0.3, -0.25) is 4.39 Å². The minimum Gasteiger partial charge on any atom is -0.497 e. The van der Waals surface area contributed by atoms with Crippen LogP contribution in [0.2, 0.25) is 0 Å². The van der Waals surface area contributed by atoms with E-state index in [1.165, 1.54) is 0 Å². The normalized spacial score (nSPS) is 12.3. The molecule has 0 saturated carbocycles. The van der Waals surface area contributed by atoms with Crippen LogP contribution < -0.4 is 9.47 Å². The summed E-state index contributed by atoms with van der Waals surface area (Å²) in [5, 5.41) is 0. The second-order valence-corrected chi connectivity index (χ2v) is 3.20. The van der Waals surface area contributed by atoms with Gasteiger partial charge in [0.2, 0.25) is 0 Å². The van der Waals surface area contributed by atoms with E-state index in [1.807, 2.05) is 19.1 Å². The summed E-state index contributed by atoms with van der Waals surface area (Å²) in [6.45, 7) is 1.45. The van der Waals surface area contributed by atoms with Gasteiger partial charge < -0.3 is 9.47 Å². The lowest BCUT2D eigenvalue weighted by Gasteiger charge is -2.11. The topological polar surface area (TPSA) is 18.5 Å². The first-order chi connectivity index (χ1) is 6.71. The predicted octanol–water partition coefficient (Wildman–Crippen LogP) is 2.78. The fourth-order valence-electron chi connectivity index (χ4n) is 1.20. The number of hydrogen-bond acceptors (Lipinski definition) is 2. The highest BCUT2D eigenvalue weighted by Gasteiger charge is 2.08. The molecule has 0 bridgehead atoms. The Morgan fingerprint density at radius 2 is 1.64 bits per heavy atom. The highest BCUT2D eigenvalue weighted by atomic mass is 19.1. The van der Waals surface area contributed by atoms with E-state index in [0.717, 1.165) is 5.56 Å². The van der Waals surface area contributed by atoms with Crippen molar-refractivity contribution in [2.45, 2.75) is 12.8 Å². The molecule has 78 valence electrons. The van der Waals surface area contributed by atoms with Gasteiger partial charge in [-0.25, -0.2) is 0 Å². The Hall–Kier alpha value is -1.25. The third kappa shape index (κ3) is 2.37. The third-order valence-corrected chi connectivity index (χ3v) is 2.17. The van der Waals surface area contributed by atoms with E-state index >= 15 is 0 Å². The Bertz CT molecular complexity index is 277. The van der Waals surface area contributed by atoms with Crippen molar-refractivity contribution in [2.24, 2.45) is 0 Å². The maximum absolute atomic E-state index is 12.5. The zero-order valence-corrected chi connectivity index (χ0v) is 8.71. The van der Waals surface area contributed by atoms with Crippen molar-refractivity contribution in [3.05, 3.63) is 23.8 Å². The lowest BCUT2D eigenvalue weighted by molar-refractivity contribution is 0.390. The first-order valence-electron chi connectivity index (χ1n) is 4.50. The minimum atomic E-state index is -0.379. The van der Waals surface area contributed by atoms with Crippen LogP contribution in [-0.4, -0.2) is 20.9 Å². The zero-order valence-electron chi connectivity index (χ0n) is 8.71. The van der Waals surface area contributed by atoms with Crippen LogP contribution in [0.25, 0.3) is 0 Å². The molecule has 1 aromatic carbocycles. The molecule has 0 saturated heterocycles. The van der Waals surface area contributed by atoms with Crippen LogP contribution in [0, 0.1) is 0 Å². The highest BCUT2D eigenvalue weighted by Crippen LogP contribution is 2.27. The summed E-state index contributed by atoms with van der Waals surface area (Å²) in [6.07, 6.45) is 0. The van der Waals surface area contributed by atoms with Gasteiger partial charge in [0, 0.05) is 12.0 Å². The lowest BCUT2D eigenvalue weighted by Crippen LogP contribution is -1.97. The highest BCUT2D eigenvalue weighted by molar-refractivity contribution is 5.39. The minimum absolute atomic E-state index is 0.126. The molecule has 0 aliphatic rings. The molecule has 3 heteroatoms. The van der Waals surface area contributed by atoms with Gasteiger partial charge in [-0.05, 0) is 17.7 Å². The van der Waals surface area contributed by atoms with Gasteiger partial charge in [0.1, 0.15) is 11.5 Å². The number of rotatable bonds is 4. The maximum atomic E-state index is 12.5. The van der Waals surface area contributed by atoms with Crippen LogP contribution in [0.1, 0.15) is 18.4 Å². The fourth-order valence-corrected chi connectivity index (χ4v) is 1.20. The van der Waals surface area contributed by atoms with E-state index in [0.29, 0.717) is 11.5 Å². The quantitative estimate of drug-likeness (QED) is 0.740. The van der Waals surface area contributed by atoms with Gasteiger partial charge in [0.15, 0.2) is 0 Å². The van der Waals surface area contributed by atoms with Crippen LogP contribution in [0.15, 0.2) is 18.2 Å². The second-order valence-electron chi connectivity index (χ2n) is 3.20. The number of benzene rings is 1. The fraction of sp³-hybridized carbons (Fsp3) is 0.455. The largest absolute Gasteiger partial charge is 0.497 e. The summed E-state index contributed by atoms with van der Waals surface area (Å²) in [4.78, 5) is 0. The SMILES string of the molecule is COc1cc(OC)cc(C(C)CF)c1. The number of methoxy groups -OCH3 is 2. The molecule has 2 nitrogen and oxygen atoms in total. The molecule has 0 N–H and O–H groups in total. The standard InChI is InChI=1S/C11H15FO2/c1-8(7-12)9-4-10(13-2)6-11(5-9)14-3/h4-6,8H,7H2,1-3H3. The van der Waals surface area contributed by atoms with Crippen molar-refractivity contribution in [3.63, 3.8) is 0 Å². The molecular weight excluding hydrogens is 183 g/mol. The van der Waals surface area contributed by atoms with Crippen molar-refractivity contribution in [1.82, 2.24) is 0 Å². The summed E-state index contributed by atoms with van der Waals surface area (Å²) >= 11 is 0. The number of ether oxygens (including phenoxy) is 2.